The second-order valence-corrected chi connectivity index (χ2v) is 11.1. The van der Waals surface area contributed by atoms with Crippen molar-refractivity contribution in [2.45, 2.75) is 44.6 Å². The van der Waals surface area contributed by atoms with Crippen LogP contribution in [0.3, 0.4) is 0 Å². The molecule has 0 spiro atoms. The number of ether oxygens (including phenoxy) is 4. The summed E-state index contributed by atoms with van der Waals surface area (Å²) in [5, 5.41) is 9.29. The van der Waals surface area contributed by atoms with Gasteiger partial charge in [-0.15, -0.1) is 0 Å². The number of rotatable bonds is 8. The van der Waals surface area contributed by atoms with Crippen LogP contribution in [-0.2, 0) is 40.2 Å². The van der Waals surface area contributed by atoms with E-state index in [2.05, 4.69) is 4.90 Å². The molecular formula is C33H33F3N2O6. The number of hydrogen-bond donors (Lipinski definition) is 1. The summed E-state index contributed by atoms with van der Waals surface area (Å²) in [4.78, 5) is 17.7. The molecule has 0 unspecified atom stereocenters. The topological polar surface area (TPSA) is 80.7 Å². The summed E-state index contributed by atoms with van der Waals surface area (Å²) < 4.78 is 62.5. The van der Waals surface area contributed by atoms with Crippen LogP contribution in [-0.4, -0.2) is 60.1 Å². The van der Waals surface area contributed by atoms with Gasteiger partial charge in [0, 0.05) is 45.1 Å². The van der Waals surface area contributed by atoms with Crippen LogP contribution < -0.4 is 9.47 Å². The van der Waals surface area contributed by atoms with Gasteiger partial charge in [-0.3, -0.25) is 9.69 Å². The van der Waals surface area contributed by atoms with Crippen molar-refractivity contribution in [3.8, 4) is 11.5 Å². The van der Waals surface area contributed by atoms with Gasteiger partial charge in [0.2, 0.25) is 13.1 Å². The fraction of sp³-hybridized carbons (Fsp3) is 0.364. The summed E-state index contributed by atoms with van der Waals surface area (Å²) in [5.41, 5.74) is 2.64. The number of amides is 1. The summed E-state index contributed by atoms with van der Waals surface area (Å²) >= 11 is 0. The number of aliphatic hydroxyl groups is 1. The maximum atomic E-state index is 13.7. The lowest BCUT2D eigenvalue weighted by Gasteiger charge is -2.36. The predicted molar refractivity (Wildman–Crippen MR) is 153 cm³/mol. The monoisotopic (exact) mass is 610 g/mol. The second kappa shape index (κ2) is 12.9. The largest absolute Gasteiger partial charge is 0.459 e. The van der Waals surface area contributed by atoms with Crippen LogP contribution in [0.25, 0.3) is 0 Å². The Balaban J connectivity index is 1.13. The highest BCUT2D eigenvalue weighted by atomic mass is 19.4. The Morgan fingerprint density at radius 1 is 0.886 bits per heavy atom. The molecule has 44 heavy (non-hydrogen) atoms. The Morgan fingerprint density at radius 2 is 1.57 bits per heavy atom. The van der Waals surface area contributed by atoms with Crippen molar-refractivity contribution in [3.05, 3.63) is 106 Å². The Bertz CT molecular complexity index is 1480. The van der Waals surface area contributed by atoms with Crippen LogP contribution in [0.2, 0.25) is 0 Å². The van der Waals surface area contributed by atoms with Crippen LogP contribution in [0.4, 0.5) is 13.2 Å². The highest BCUT2D eigenvalue weighted by molar-refractivity contribution is 5.92. The van der Waals surface area contributed by atoms with E-state index in [0.29, 0.717) is 44.7 Å². The SMILES string of the molecule is O=C(C1=C[C@@H](c2ccc(C(F)(F)F)cc2)C[C@@H](OCc2ccc(CO)cc2)O1)N1CCN(Cc2ccc3c(c2)OCO3)CC1. The molecule has 1 fully saturated rings. The maximum Gasteiger partial charge on any atom is 0.416 e. The first-order valence-corrected chi connectivity index (χ1v) is 14.5. The van der Waals surface area contributed by atoms with Crippen molar-refractivity contribution in [2.24, 2.45) is 0 Å². The molecule has 3 heterocycles. The summed E-state index contributed by atoms with van der Waals surface area (Å²) in [6, 6.07) is 18.2. The normalized spacial score (nSPS) is 20.3. The van der Waals surface area contributed by atoms with Crippen molar-refractivity contribution in [3.63, 3.8) is 0 Å². The third-order valence-corrected chi connectivity index (χ3v) is 8.08. The Kier molecular flexibility index (Phi) is 8.79. The highest BCUT2D eigenvalue weighted by Crippen LogP contribution is 2.36. The Labute approximate surface area is 253 Å². The van der Waals surface area contributed by atoms with Gasteiger partial charge in [-0.05, 0) is 52.6 Å². The number of allylic oxidation sites excluding steroid dienone is 1. The van der Waals surface area contributed by atoms with Gasteiger partial charge < -0.3 is 29.0 Å². The minimum absolute atomic E-state index is 0.0649. The number of aliphatic hydroxyl groups excluding tert-OH is 1. The van der Waals surface area contributed by atoms with E-state index < -0.39 is 18.0 Å². The molecule has 1 N–H and O–H groups in total. The zero-order chi connectivity index (χ0) is 30.7. The average molecular weight is 611 g/mol. The van der Waals surface area contributed by atoms with Gasteiger partial charge in [0.15, 0.2) is 17.3 Å². The van der Waals surface area contributed by atoms with Crippen molar-refractivity contribution in [1.82, 2.24) is 9.80 Å². The van der Waals surface area contributed by atoms with E-state index in [1.807, 2.05) is 30.3 Å². The first-order valence-electron chi connectivity index (χ1n) is 14.5. The van der Waals surface area contributed by atoms with E-state index in [0.717, 1.165) is 40.3 Å². The number of carbonyl (C=O) groups is 1. The van der Waals surface area contributed by atoms with Crippen molar-refractivity contribution >= 4 is 5.91 Å². The van der Waals surface area contributed by atoms with E-state index in [1.165, 1.54) is 12.1 Å². The quantitative estimate of drug-likeness (QED) is 0.376. The molecule has 3 aromatic rings. The molecule has 232 valence electrons. The minimum Gasteiger partial charge on any atom is -0.459 e. The summed E-state index contributed by atoms with van der Waals surface area (Å²) in [5.74, 6) is 0.955. The first kappa shape index (κ1) is 30.0. The van der Waals surface area contributed by atoms with Gasteiger partial charge in [0.1, 0.15) is 0 Å². The second-order valence-electron chi connectivity index (χ2n) is 11.1. The highest BCUT2D eigenvalue weighted by Gasteiger charge is 2.34. The fourth-order valence-corrected chi connectivity index (χ4v) is 5.55. The summed E-state index contributed by atoms with van der Waals surface area (Å²) in [6.45, 7) is 3.40. The lowest BCUT2D eigenvalue weighted by Crippen LogP contribution is -2.49. The molecule has 11 heteroatoms. The molecule has 1 amide bonds. The molecule has 3 aliphatic heterocycles. The van der Waals surface area contributed by atoms with E-state index in [9.17, 15) is 23.1 Å². The van der Waals surface area contributed by atoms with Gasteiger partial charge in [0.05, 0.1) is 18.8 Å². The van der Waals surface area contributed by atoms with Gasteiger partial charge in [-0.25, -0.2) is 0 Å². The van der Waals surface area contributed by atoms with Crippen LogP contribution >= 0.6 is 0 Å². The van der Waals surface area contributed by atoms with Crippen molar-refractivity contribution in [1.29, 1.82) is 0 Å². The van der Waals surface area contributed by atoms with Gasteiger partial charge in [-0.2, -0.15) is 13.2 Å². The maximum absolute atomic E-state index is 13.7. The number of carbonyl (C=O) groups excluding carboxylic acids is 1. The standard InChI is InChI=1S/C33H33F3N2O6/c34-33(35,36)27-8-6-25(7-9-27)26-16-30(44-31(17-26)41-20-23-3-1-22(19-39)2-4-23)32(40)38-13-11-37(12-14-38)18-24-5-10-28-29(15-24)43-21-42-28/h1-10,15-16,26,31,39H,11-14,17-21H2/t26-,31+/m1/s1. The van der Waals surface area contributed by atoms with E-state index in [-0.39, 0.29) is 37.6 Å². The number of hydrogen-bond acceptors (Lipinski definition) is 7. The summed E-state index contributed by atoms with van der Waals surface area (Å²) in [7, 11) is 0. The molecule has 0 aliphatic carbocycles. The van der Waals surface area contributed by atoms with Crippen LogP contribution in [0.5, 0.6) is 11.5 Å². The molecular weight excluding hydrogens is 577 g/mol. The minimum atomic E-state index is -4.44. The lowest BCUT2D eigenvalue weighted by atomic mass is 9.92. The molecule has 0 saturated carbocycles. The molecule has 3 aromatic carbocycles. The zero-order valence-corrected chi connectivity index (χ0v) is 24.0. The van der Waals surface area contributed by atoms with E-state index in [1.54, 1.807) is 23.1 Å². The Morgan fingerprint density at radius 3 is 2.27 bits per heavy atom. The molecule has 2 atom stereocenters. The predicted octanol–water partition coefficient (Wildman–Crippen LogP) is 5.20. The van der Waals surface area contributed by atoms with E-state index in [4.69, 9.17) is 18.9 Å². The van der Waals surface area contributed by atoms with Gasteiger partial charge >= 0.3 is 6.18 Å². The zero-order valence-electron chi connectivity index (χ0n) is 24.0. The average Bonchev–Trinajstić information content (AvgIpc) is 3.52. The molecule has 6 rings (SSSR count). The number of fused-ring (bicyclic) bond motifs is 1. The number of alkyl halides is 3. The van der Waals surface area contributed by atoms with Crippen molar-refractivity contribution < 1.29 is 42.0 Å². The number of benzene rings is 3. The van der Waals surface area contributed by atoms with Crippen LogP contribution in [0.1, 0.15) is 40.2 Å². The van der Waals surface area contributed by atoms with Gasteiger partial charge in [0.25, 0.3) is 5.91 Å². The number of halogens is 3. The van der Waals surface area contributed by atoms with Gasteiger partial charge in [-0.1, -0.05) is 42.5 Å². The lowest BCUT2D eigenvalue weighted by molar-refractivity contribution is -0.157. The summed E-state index contributed by atoms with van der Waals surface area (Å²) in [6.07, 6.45) is -3.19. The van der Waals surface area contributed by atoms with Crippen LogP contribution in [0, 0.1) is 0 Å². The smallest absolute Gasteiger partial charge is 0.416 e. The number of piperazine rings is 1. The molecule has 0 aromatic heterocycles. The fourth-order valence-electron chi connectivity index (χ4n) is 5.55. The molecule has 1 saturated heterocycles. The van der Waals surface area contributed by atoms with E-state index >= 15 is 0 Å². The third-order valence-electron chi connectivity index (χ3n) is 8.08. The van der Waals surface area contributed by atoms with Crippen molar-refractivity contribution in [2.75, 3.05) is 33.0 Å². The van der Waals surface area contributed by atoms with Crippen LogP contribution in [0.15, 0.2) is 78.6 Å². The first-order chi connectivity index (χ1) is 21.2. The molecule has 8 nitrogen and oxygen atoms in total. The molecule has 0 bridgehead atoms. The number of nitrogens with zero attached hydrogens (tertiary/aromatic N) is 2. The third kappa shape index (κ3) is 7.01. The molecule has 3 aliphatic rings. The Hall–Kier alpha value is -4.06. The molecule has 0 radical (unpaired) electrons.